The number of benzene rings is 2. The Bertz CT molecular complexity index is 889. The minimum Gasteiger partial charge on any atom is -0.351 e. The predicted molar refractivity (Wildman–Crippen MR) is 106 cm³/mol. The summed E-state index contributed by atoms with van der Waals surface area (Å²) in [5, 5.41) is 6.35. The molecular weight excluding hydrogens is 360 g/mol. The minimum atomic E-state index is -3.43. The molecule has 0 saturated carbocycles. The van der Waals surface area contributed by atoms with Gasteiger partial charge in [-0.1, -0.05) is 37.3 Å². The molecule has 2 aromatic rings. The zero-order valence-electron chi connectivity index (χ0n) is 15.6. The Balaban J connectivity index is 1.67. The number of rotatable bonds is 6. The van der Waals surface area contributed by atoms with Crippen molar-refractivity contribution in [2.24, 2.45) is 5.41 Å². The Morgan fingerprint density at radius 2 is 1.78 bits per heavy atom. The largest absolute Gasteiger partial charge is 0.351 e. The molecule has 0 unspecified atom stereocenters. The van der Waals surface area contributed by atoms with E-state index in [0.29, 0.717) is 22.6 Å². The summed E-state index contributed by atoms with van der Waals surface area (Å²) >= 11 is 0. The van der Waals surface area contributed by atoms with Crippen molar-refractivity contribution in [2.75, 3.05) is 19.6 Å². The minimum absolute atomic E-state index is 0.106. The molecule has 0 aromatic heterocycles. The van der Waals surface area contributed by atoms with Gasteiger partial charge in [-0.3, -0.25) is 4.79 Å². The fraction of sp³-hybridized carbons (Fsp3) is 0.381. The van der Waals surface area contributed by atoms with Crippen LogP contribution >= 0.6 is 0 Å². The van der Waals surface area contributed by atoms with E-state index in [-0.39, 0.29) is 17.1 Å². The van der Waals surface area contributed by atoms with Crippen molar-refractivity contribution >= 4 is 15.7 Å². The van der Waals surface area contributed by atoms with Crippen molar-refractivity contribution in [2.45, 2.75) is 30.4 Å². The van der Waals surface area contributed by atoms with Gasteiger partial charge in [0.05, 0.1) is 10.6 Å². The number of amides is 1. The van der Waals surface area contributed by atoms with Gasteiger partial charge in [-0.25, -0.2) is 8.42 Å². The van der Waals surface area contributed by atoms with Crippen LogP contribution in [0, 0.1) is 5.41 Å². The van der Waals surface area contributed by atoms with Gasteiger partial charge in [-0.05, 0) is 61.2 Å². The van der Waals surface area contributed by atoms with Crippen LogP contribution in [0.3, 0.4) is 0 Å². The molecule has 0 atom stereocenters. The molecule has 2 aromatic carbocycles. The van der Waals surface area contributed by atoms with Crippen molar-refractivity contribution in [3.8, 4) is 0 Å². The van der Waals surface area contributed by atoms with Crippen molar-refractivity contribution in [1.82, 2.24) is 10.6 Å². The molecule has 1 fully saturated rings. The predicted octanol–water partition coefficient (Wildman–Crippen LogP) is 2.78. The number of carbonyl (C=O) groups excluding carboxylic acids is 1. The van der Waals surface area contributed by atoms with Crippen LogP contribution in [0.2, 0.25) is 0 Å². The van der Waals surface area contributed by atoms with Crippen LogP contribution in [0.5, 0.6) is 0 Å². The first-order valence-corrected chi connectivity index (χ1v) is 10.9. The maximum absolute atomic E-state index is 12.6. The van der Waals surface area contributed by atoms with Crippen LogP contribution in [-0.2, 0) is 15.6 Å². The first-order chi connectivity index (χ1) is 12.9. The molecule has 0 aliphatic carbocycles. The number of piperidine rings is 1. The quantitative estimate of drug-likeness (QED) is 0.801. The Morgan fingerprint density at radius 1 is 1.07 bits per heavy atom. The van der Waals surface area contributed by atoms with Crippen molar-refractivity contribution in [3.05, 3.63) is 65.7 Å². The van der Waals surface area contributed by atoms with Gasteiger partial charge in [0.25, 0.3) is 5.91 Å². The van der Waals surface area contributed by atoms with Crippen LogP contribution in [0.1, 0.15) is 35.7 Å². The van der Waals surface area contributed by atoms with Gasteiger partial charge in [0.1, 0.15) is 0 Å². The average molecular weight is 387 g/mol. The summed E-state index contributed by atoms with van der Waals surface area (Å²) in [5.41, 5.74) is 1.21. The van der Waals surface area contributed by atoms with E-state index in [2.05, 4.69) is 17.6 Å². The molecule has 0 spiro atoms. The summed E-state index contributed by atoms with van der Waals surface area (Å²) in [7, 11) is -3.43. The van der Waals surface area contributed by atoms with Gasteiger partial charge in [0, 0.05) is 12.1 Å². The second-order valence-corrected chi connectivity index (χ2v) is 9.51. The monoisotopic (exact) mass is 386 g/mol. The molecule has 1 aliphatic heterocycles. The molecule has 1 saturated heterocycles. The molecule has 0 bridgehead atoms. The summed E-state index contributed by atoms with van der Waals surface area (Å²) in [6.45, 7) is 4.76. The number of sulfone groups is 1. The SMILES string of the molecule is CC1(CNC(=O)c2cccc(CS(=O)(=O)c3ccccc3)c2)CCNCC1. The van der Waals surface area contributed by atoms with E-state index in [0.717, 1.165) is 25.9 Å². The molecule has 1 aliphatic rings. The van der Waals surface area contributed by atoms with E-state index in [1.807, 2.05) is 0 Å². The maximum atomic E-state index is 12.6. The molecular formula is C21H26N2O3S. The maximum Gasteiger partial charge on any atom is 0.251 e. The lowest BCUT2D eigenvalue weighted by molar-refractivity contribution is 0.0922. The van der Waals surface area contributed by atoms with Crippen LogP contribution in [0.4, 0.5) is 0 Å². The molecule has 3 rings (SSSR count). The Labute approximate surface area is 161 Å². The van der Waals surface area contributed by atoms with Gasteiger partial charge in [-0.2, -0.15) is 0 Å². The molecule has 1 heterocycles. The third kappa shape index (κ3) is 5.17. The summed E-state index contributed by atoms with van der Waals surface area (Å²) in [5.74, 6) is -0.282. The molecule has 27 heavy (non-hydrogen) atoms. The fourth-order valence-electron chi connectivity index (χ4n) is 3.34. The van der Waals surface area contributed by atoms with Crippen LogP contribution < -0.4 is 10.6 Å². The van der Waals surface area contributed by atoms with E-state index in [1.54, 1.807) is 54.6 Å². The average Bonchev–Trinajstić information content (AvgIpc) is 2.67. The van der Waals surface area contributed by atoms with Crippen LogP contribution in [-0.4, -0.2) is 34.0 Å². The zero-order chi connectivity index (χ0) is 19.3. The van der Waals surface area contributed by atoms with Gasteiger partial charge >= 0.3 is 0 Å². The molecule has 1 amide bonds. The Kier molecular flexibility index (Phi) is 5.97. The molecule has 2 N–H and O–H groups in total. The van der Waals surface area contributed by atoms with E-state index in [1.165, 1.54) is 0 Å². The standard InChI is InChI=1S/C21H26N2O3S/c1-21(10-12-22-13-11-21)16-23-20(24)18-7-5-6-17(14-18)15-27(25,26)19-8-3-2-4-9-19/h2-9,14,22H,10-13,15-16H2,1H3,(H,23,24). The summed E-state index contributed by atoms with van der Waals surface area (Å²) < 4.78 is 25.1. The summed E-state index contributed by atoms with van der Waals surface area (Å²) in [6.07, 6.45) is 2.06. The highest BCUT2D eigenvalue weighted by Gasteiger charge is 2.27. The van der Waals surface area contributed by atoms with Crippen LogP contribution in [0.25, 0.3) is 0 Å². The summed E-state index contributed by atoms with van der Waals surface area (Å²) in [6, 6.07) is 15.2. The van der Waals surface area contributed by atoms with Crippen molar-refractivity contribution < 1.29 is 13.2 Å². The third-order valence-electron chi connectivity index (χ3n) is 5.13. The first-order valence-electron chi connectivity index (χ1n) is 9.24. The number of nitrogens with one attached hydrogen (secondary N) is 2. The van der Waals surface area contributed by atoms with E-state index < -0.39 is 9.84 Å². The number of carbonyl (C=O) groups is 1. The second-order valence-electron chi connectivity index (χ2n) is 7.52. The highest BCUT2D eigenvalue weighted by molar-refractivity contribution is 7.90. The van der Waals surface area contributed by atoms with E-state index in [9.17, 15) is 13.2 Å². The smallest absolute Gasteiger partial charge is 0.251 e. The number of hydrogen-bond acceptors (Lipinski definition) is 4. The second kappa shape index (κ2) is 8.23. The Morgan fingerprint density at radius 3 is 2.48 bits per heavy atom. The van der Waals surface area contributed by atoms with Gasteiger partial charge in [-0.15, -0.1) is 0 Å². The van der Waals surface area contributed by atoms with E-state index >= 15 is 0 Å². The summed E-state index contributed by atoms with van der Waals surface area (Å²) in [4.78, 5) is 12.8. The lowest BCUT2D eigenvalue weighted by Gasteiger charge is -2.34. The highest BCUT2D eigenvalue weighted by Crippen LogP contribution is 2.26. The van der Waals surface area contributed by atoms with Crippen molar-refractivity contribution in [3.63, 3.8) is 0 Å². The normalized spacial score (nSPS) is 16.6. The molecule has 144 valence electrons. The molecule has 6 heteroatoms. The lowest BCUT2D eigenvalue weighted by Crippen LogP contribution is -2.42. The van der Waals surface area contributed by atoms with E-state index in [4.69, 9.17) is 0 Å². The molecule has 0 radical (unpaired) electrons. The fourth-order valence-corrected chi connectivity index (χ4v) is 4.69. The number of hydrogen-bond donors (Lipinski definition) is 2. The zero-order valence-corrected chi connectivity index (χ0v) is 16.4. The first kappa shape index (κ1) is 19.6. The Hall–Kier alpha value is -2.18. The topological polar surface area (TPSA) is 75.3 Å². The van der Waals surface area contributed by atoms with Gasteiger partial charge < -0.3 is 10.6 Å². The van der Waals surface area contributed by atoms with Crippen LogP contribution in [0.15, 0.2) is 59.5 Å². The van der Waals surface area contributed by atoms with Crippen molar-refractivity contribution in [1.29, 1.82) is 0 Å². The lowest BCUT2D eigenvalue weighted by atomic mass is 9.81. The van der Waals surface area contributed by atoms with Gasteiger partial charge in [0.2, 0.25) is 0 Å². The molecule has 5 nitrogen and oxygen atoms in total. The highest BCUT2D eigenvalue weighted by atomic mass is 32.2. The van der Waals surface area contributed by atoms with Gasteiger partial charge in [0.15, 0.2) is 9.84 Å². The third-order valence-corrected chi connectivity index (χ3v) is 6.84.